The summed E-state index contributed by atoms with van der Waals surface area (Å²) in [5.74, 6) is 0. The van der Waals surface area contributed by atoms with E-state index in [1.807, 2.05) is 0 Å². The molecular weight excluding hydrogens is 200 g/mol. The Labute approximate surface area is 98.5 Å². The van der Waals surface area contributed by atoms with Crippen LogP contribution >= 0.6 is 0 Å². The van der Waals surface area contributed by atoms with Gasteiger partial charge in [0.05, 0.1) is 6.61 Å². The Hall–Kier alpha value is -0.120. The smallest absolute Gasteiger partial charge is 0.0622 e. The summed E-state index contributed by atoms with van der Waals surface area (Å²) in [4.78, 5) is 2.69. The Morgan fingerprint density at radius 2 is 2.06 bits per heavy atom. The molecule has 3 nitrogen and oxygen atoms in total. The van der Waals surface area contributed by atoms with Crippen LogP contribution in [-0.4, -0.2) is 49.3 Å². The van der Waals surface area contributed by atoms with Crippen LogP contribution in [-0.2, 0) is 4.74 Å². The number of hydrogen-bond donors (Lipinski definition) is 1. The molecule has 0 aromatic carbocycles. The van der Waals surface area contributed by atoms with E-state index in [4.69, 9.17) is 4.74 Å². The quantitative estimate of drug-likeness (QED) is 0.728. The van der Waals surface area contributed by atoms with Gasteiger partial charge in [-0.05, 0) is 19.3 Å². The lowest BCUT2D eigenvalue weighted by atomic mass is 9.80. The summed E-state index contributed by atoms with van der Waals surface area (Å²) in [5.41, 5.74) is 0.457. The fraction of sp³-hybridized carbons (Fsp3) is 1.00. The van der Waals surface area contributed by atoms with Crippen LogP contribution < -0.4 is 5.32 Å². The van der Waals surface area contributed by atoms with Gasteiger partial charge in [0.15, 0.2) is 0 Å². The number of rotatable bonds is 1. The second kappa shape index (κ2) is 4.63. The number of hydrogen-bond acceptors (Lipinski definition) is 3. The SMILES string of the molecule is C1CCC2(CC1)CN(C1CCOC1)CCN2. The van der Waals surface area contributed by atoms with Gasteiger partial charge in [-0.25, -0.2) is 0 Å². The van der Waals surface area contributed by atoms with Crippen LogP contribution in [0.5, 0.6) is 0 Å². The molecular formula is C13H24N2O. The molecule has 2 saturated heterocycles. The molecule has 3 fully saturated rings. The first-order chi connectivity index (χ1) is 7.88. The van der Waals surface area contributed by atoms with Crippen LogP contribution in [0, 0.1) is 0 Å². The van der Waals surface area contributed by atoms with E-state index in [0.29, 0.717) is 11.6 Å². The third kappa shape index (κ3) is 2.13. The van der Waals surface area contributed by atoms with Gasteiger partial charge in [0, 0.05) is 37.8 Å². The van der Waals surface area contributed by atoms with E-state index < -0.39 is 0 Å². The molecule has 3 rings (SSSR count). The Morgan fingerprint density at radius 1 is 1.19 bits per heavy atom. The Kier molecular flexibility index (Phi) is 3.18. The fourth-order valence-electron chi connectivity index (χ4n) is 3.67. The first-order valence-electron chi connectivity index (χ1n) is 6.95. The number of nitrogens with one attached hydrogen (secondary N) is 1. The monoisotopic (exact) mass is 224 g/mol. The van der Waals surface area contributed by atoms with Crippen LogP contribution in [0.1, 0.15) is 38.5 Å². The molecule has 2 heterocycles. The lowest BCUT2D eigenvalue weighted by Crippen LogP contribution is -2.63. The molecule has 1 N–H and O–H groups in total. The molecule has 3 aliphatic rings. The number of ether oxygens (including phenoxy) is 1. The van der Waals surface area contributed by atoms with Crippen LogP contribution in [0.3, 0.4) is 0 Å². The maximum atomic E-state index is 5.52. The molecule has 1 aliphatic carbocycles. The van der Waals surface area contributed by atoms with Crippen molar-refractivity contribution >= 4 is 0 Å². The molecule has 2 aliphatic heterocycles. The van der Waals surface area contributed by atoms with Gasteiger partial charge < -0.3 is 10.1 Å². The molecule has 16 heavy (non-hydrogen) atoms. The normalized spacial score (nSPS) is 35.6. The molecule has 0 radical (unpaired) electrons. The lowest BCUT2D eigenvalue weighted by Gasteiger charge is -2.47. The second-order valence-electron chi connectivity index (χ2n) is 5.76. The van der Waals surface area contributed by atoms with Crippen molar-refractivity contribution in [3.63, 3.8) is 0 Å². The third-order valence-electron chi connectivity index (χ3n) is 4.64. The molecule has 0 aromatic rings. The topological polar surface area (TPSA) is 24.5 Å². The van der Waals surface area contributed by atoms with E-state index >= 15 is 0 Å². The predicted octanol–water partition coefficient (Wildman–Crippen LogP) is 1.38. The van der Waals surface area contributed by atoms with Gasteiger partial charge in [-0.1, -0.05) is 19.3 Å². The number of nitrogens with zero attached hydrogens (tertiary/aromatic N) is 1. The zero-order chi connectivity index (χ0) is 10.8. The average Bonchev–Trinajstić information content (AvgIpc) is 2.83. The van der Waals surface area contributed by atoms with E-state index in [1.165, 1.54) is 58.2 Å². The van der Waals surface area contributed by atoms with Crippen molar-refractivity contribution in [3.8, 4) is 0 Å². The van der Waals surface area contributed by atoms with Gasteiger partial charge >= 0.3 is 0 Å². The highest BCUT2D eigenvalue weighted by Gasteiger charge is 2.38. The van der Waals surface area contributed by atoms with E-state index in [0.717, 1.165) is 13.2 Å². The summed E-state index contributed by atoms with van der Waals surface area (Å²) in [6.45, 7) is 5.60. The van der Waals surface area contributed by atoms with E-state index in [-0.39, 0.29) is 0 Å². The maximum Gasteiger partial charge on any atom is 0.0622 e. The van der Waals surface area contributed by atoms with Gasteiger partial charge in [-0.15, -0.1) is 0 Å². The van der Waals surface area contributed by atoms with Crippen LogP contribution in [0.25, 0.3) is 0 Å². The Bertz CT molecular complexity index is 227. The fourth-order valence-corrected chi connectivity index (χ4v) is 3.67. The molecule has 0 bridgehead atoms. The zero-order valence-corrected chi connectivity index (χ0v) is 10.2. The lowest BCUT2D eigenvalue weighted by molar-refractivity contribution is 0.0609. The second-order valence-corrected chi connectivity index (χ2v) is 5.76. The molecule has 0 aromatic heterocycles. The van der Waals surface area contributed by atoms with Crippen LogP contribution in [0.15, 0.2) is 0 Å². The molecule has 1 unspecified atom stereocenters. The highest BCUT2D eigenvalue weighted by molar-refractivity contribution is 4.98. The van der Waals surface area contributed by atoms with Gasteiger partial charge in [-0.3, -0.25) is 4.90 Å². The standard InChI is InChI=1S/C13H24N2O/c1-2-5-13(6-3-1)11-15(8-7-14-13)12-4-9-16-10-12/h12,14H,1-11H2. The summed E-state index contributed by atoms with van der Waals surface area (Å²) < 4.78 is 5.52. The highest BCUT2D eigenvalue weighted by Crippen LogP contribution is 2.31. The highest BCUT2D eigenvalue weighted by atomic mass is 16.5. The molecule has 3 heteroatoms. The Balaban J connectivity index is 1.64. The average molecular weight is 224 g/mol. The number of piperazine rings is 1. The first-order valence-corrected chi connectivity index (χ1v) is 6.95. The minimum Gasteiger partial charge on any atom is -0.380 e. The summed E-state index contributed by atoms with van der Waals surface area (Å²) in [7, 11) is 0. The van der Waals surface area contributed by atoms with Crippen molar-refractivity contribution < 1.29 is 4.74 Å². The Morgan fingerprint density at radius 3 is 2.81 bits per heavy atom. The molecule has 1 spiro atoms. The zero-order valence-electron chi connectivity index (χ0n) is 10.2. The third-order valence-corrected chi connectivity index (χ3v) is 4.64. The minimum atomic E-state index is 0.457. The van der Waals surface area contributed by atoms with Gasteiger partial charge in [0.1, 0.15) is 0 Å². The van der Waals surface area contributed by atoms with Crippen molar-refractivity contribution in [3.05, 3.63) is 0 Å². The minimum absolute atomic E-state index is 0.457. The largest absolute Gasteiger partial charge is 0.380 e. The predicted molar refractivity (Wildman–Crippen MR) is 64.6 cm³/mol. The summed E-state index contributed by atoms with van der Waals surface area (Å²) in [5, 5.41) is 3.81. The van der Waals surface area contributed by atoms with E-state index in [1.54, 1.807) is 0 Å². The molecule has 0 amide bonds. The van der Waals surface area contributed by atoms with E-state index in [9.17, 15) is 0 Å². The van der Waals surface area contributed by atoms with Crippen LogP contribution in [0.2, 0.25) is 0 Å². The van der Waals surface area contributed by atoms with Gasteiger partial charge in [-0.2, -0.15) is 0 Å². The maximum absolute atomic E-state index is 5.52. The van der Waals surface area contributed by atoms with Crippen molar-refractivity contribution in [2.75, 3.05) is 32.8 Å². The summed E-state index contributed by atoms with van der Waals surface area (Å²) >= 11 is 0. The van der Waals surface area contributed by atoms with Crippen LogP contribution in [0.4, 0.5) is 0 Å². The summed E-state index contributed by atoms with van der Waals surface area (Å²) in [6, 6.07) is 0.709. The van der Waals surface area contributed by atoms with Crippen molar-refractivity contribution in [2.24, 2.45) is 0 Å². The molecule has 1 atom stereocenters. The van der Waals surface area contributed by atoms with Crippen molar-refractivity contribution in [2.45, 2.75) is 50.1 Å². The molecule has 92 valence electrons. The van der Waals surface area contributed by atoms with Crippen molar-refractivity contribution in [1.82, 2.24) is 10.2 Å². The van der Waals surface area contributed by atoms with Gasteiger partial charge in [0.25, 0.3) is 0 Å². The molecule has 1 saturated carbocycles. The van der Waals surface area contributed by atoms with E-state index in [2.05, 4.69) is 10.2 Å². The van der Waals surface area contributed by atoms with Gasteiger partial charge in [0.2, 0.25) is 0 Å². The van der Waals surface area contributed by atoms with Crippen molar-refractivity contribution in [1.29, 1.82) is 0 Å². The summed E-state index contributed by atoms with van der Waals surface area (Å²) in [6.07, 6.45) is 8.30. The first kappa shape index (κ1) is 11.0.